The maximum absolute atomic E-state index is 10.7. The molecule has 2 rings (SSSR count). The van der Waals surface area contributed by atoms with Gasteiger partial charge in [-0.15, -0.1) is 0 Å². The van der Waals surface area contributed by atoms with Crippen LogP contribution in [-0.4, -0.2) is 10.7 Å². The molecule has 0 radical (unpaired) electrons. The van der Waals surface area contributed by atoms with Crippen molar-refractivity contribution in [1.82, 2.24) is 0 Å². The van der Waals surface area contributed by atoms with Crippen LogP contribution in [0.15, 0.2) is 18.2 Å². The van der Waals surface area contributed by atoms with E-state index >= 15 is 0 Å². The molecule has 0 bridgehead atoms. The first kappa shape index (κ1) is 14.2. The highest BCUT2D eigenvalue weighted by Crippen LogP contribution is 2.38. The number of aliphatic hydroxyl groups is 1. The van der Waals surface area contributed by atoms with E-state index in [0.29, 0.717) is 16.5 Å². The second-order valence-electron chi connectivity index (χ2n) is 5.45. The van der Waals surface area contributed by atoms with Crippen molar-refractivity contribution in [2.45, 2.75) is 51.0 Å². The van der Waals surface area contributed by atoms with E-state index in [9.17, 15) is 5.11 Å². The van der Waals surface area contributed by atoms with E-state index < -0.39 is 5.60 Å². The van der Waals surface area contributed by atoms with Crippen molar-refractivity contribution in [3.8, 4) is 0 Å². The molecule has 3 heteroatoms. The fourth-order valence-electron chi connectivity index (χ4n) is 2.83. The third-order valence-electron chi connectivity index (χ3n) is 4.18. The quantitative estimate of drug-likeness (QED) is 0.841. The van der Waals surface area contributed by atoms with Crippen LogP contribution < -0.4 is 0 Å². The second kappa shape index (κ2) is 5.81. The molecule has 1 nitrogen and oxygen atoms in total. The standard InChI is InChI=1S/C15H20Cl2O/c1-2-11-6-8-15(18,9-7-11)10-12-13(16)4-3-5-14(12)17/h3-5,11,18H,2,6-10H2,1H3. The summed E-state index contributed by atoms with van der Waals surface area (Å²) in [5.41, 5.74) is 0.263. The molecule has 1 aromatic rings. The van der Waals surface area contributed by atoms with E-state index in [4.69, 9.17) is 23.2 Å². The second-order valence-corrected chi connectivity index (χ2v) is 6.27. The minimum atomic E-state index is -0.625. The Morgan fingerprint density at radius 3 is 2.28 bits per heavy atom. The number of rotatable bonds is 3. The first-order valence-electron chi connectivity index (χ1n) is 6.69. The summed E-state index contributed by atoms with van der Waals surface area (Å²) in [4.78, 5) is 0. The zero-order chi connectivity index (χ0) is 13.2. The summed E-state index contributed by atoms with van der Waals surface area (Å²) in [5.74, 6) is 0.770. The van der Waals surface area contributed by atoms with Crippen LogP contribution in [0.4, 0.5) is 0 Å². The maximum Gasteiger partial charge on any atom is 0.0689 e. The molecule has 1 aliphatic carbocycles. The van der Waals surface area contributed by atoms with Crippen LogP contribution in [-0.2, 0) is 6.42 Å². The molecule has 0 amide bonds. The number of hydrogen-bond acceptors (Lipinski definition) is 1. The lowest BCUT2D eigenvalue weighted by molar-refractivity contribution is -0.00919. The molecule has 1 aromatic carbocycles. The van der Waals surface area contributed by atoms with Gasteiger partial charge in [-0.25, -0.2) is 0 Å². The molecule has 0 spiro atoms. The molecule has 1 N–H and O–H groups in total. The first-order valence-corrected chi connectivity index (χ1v) is 7.45. The molecular formula is C15H20Cl2O. The molecule has 0 aromatic heterocycles. The van der Waals surface area contributed by atoms with Crippen molar-refractivity contribution < 1.29 is 5.11 Å². The SMILES string of the molecule is CCC1CCC(O)(Cc2c(Cl)cccc2Cl)CC1. The lowest BCUT2D eigenvalue weighted by Crippen LogP contribution is -2.36. The Kier molecular flexibility index (Phi) is 4.58. The van der Waals surface area contributed by atoms with E-state index in [-0.39, 0.29) is 0 Å². The monoisotopic (exact) mass is 286 g/mol. The van der Waals surface area contributed by atoms with Crippen LogP contribution in [0.3, 0.4) is 0 Å². The highest BCUT2D eigenvalue weighted by molar-refractivity contribution is 6.36. The summed E-state index contributed by atoms with van der Waals surface area (Å²) in [6.45, 7) is 2.22. The summed E-state index contributed by atoms with van der Waals surface area (Å²) >= 11 is 12.3. The van der Waals surface area contributed by atoms with Gasteiger partial charge in [0, 0.05) is 16.5 Å². The Bertz CT molecular complexity index is 389. The lowest BCUT2D eigenvalue weighted by atomic mass is 9.75. The zero-order valence-electron chi connectivity index (χ0n) is 10.8. The van der Waals surface area contributed by atoms with Gasteiger partial charge in [-0.3, -0.25) is 0 Å². The van der Waals surface area contributed by atoms with Crippen molar-refractivity contribution in [2.24, 2.45) is 5.92 Å². The van der Waals surface area contributed by atoms with Crippen molar-refractivity contribution >= 4 is 23.2 Å². The fourth-order valence-corrected chi connectivity index (χ4v) is 3.36. The summed E-state index contributed by atoms with van der Waals surface area (Å²) in [7, 11) is 0. The normalized spacial score (nSPS) is 28.3. The zero-order valence-corrected chi connectivity index (χ0v) is 12.3. The van der Waals surface area contributed by atoms with Crippen molar-refractivity contribution in [1.29, 1.82) is 0 Å². The fraction of sp³-hybridized carbons (Fsp3) is 0.600. The Morgan fingerprint density at radius 2 is 1.78 bits per heavy atom. The van der Waals surface area contributed by atoms with Gasteiger partial charge in [0.2, 0.25) is 0 Å². The van der Waals surface area contributed by atoms with Crippen molar-refractivity contribution in [3.63, 3.8) is 0 Å². The third kappa shape index (κ3) is 3.20. The van der Waals surface area contributed by atoms with Gasteiger partial charge in [0.1, 0.15) is 0 Å². The van der Waals surface area contributed by atoms with Gasteiger partial charge in [0.05, 0.1) is 5.60 Å². The van der Waals surface area contributed by atoms with Gasteiger partial charge in [-0.2, -0.15) is 0 Å². The summed E-state index contributed by atoms with van der Waals surface area (Å²) in [6, 6.07) is 5.51. The summed E-state index contributed by atoms with van der Waals surface area (Å²) < 4.78 is 0. The topological polar surface area (TPSA) is 20.2 Å². The Hall–Kier alpha value is -0.240. The Balaban J connectivity index is 2.09. The van der Waals surface area contributed by atoms with Gasteiger partial charge >= 0.3 is 0 Å². The van der Waals surface area contributed by atoms with Crippen LogP contribution in [0.2, 0.25) is 10.0 Å². The Labute approximate surface area is 119 Å². The molecule has 100 valence electrons. The molecule has 0 heterocycles. The predicted octanol–water partition coefficient (Wildman–Crippen LogP) is 4.87. The van der Waals surface area contributed by atoms with Crippen LogP contribution in [0.1, 0.15) is 44.6 Å². The number of hydrogen-bond donors (Lipinski definition) is 1. The van der Waals surface area contributed by atoms with Crippen LogP contribution in [0.5, 0.6) is 0 Å². The summed E-state index contributed by atoms with van der Waals surface area (Å²) in [6.07, 6.45) is 5.70. The van der Waals surface area contributed by atoms with E-state index in [1.807, 2.05) is 18.2 Å². The smallest absolute Gasteiger partial charge is 0.0689 e. The van der Waals surface area contributed by atoms with Gasteiger partial charge in [0.15, 0.2) is 0 Å². The molecule has 1 fully saturated rings. The van der Waals surface area contributed by atoms with Crippen molar-refractivity contribution in [2.75, 3.05) is 0 Å². The average Bonchev–Trinajstić information content (AvgIpc) is 2.35. The molecule has 0 aliphatic heterocycles. The maximum atomic E-state index is 10.7. The van der Waals surface area contributed by atoms with E-state index in [2.05, 4.69) is 6.92 Å². The average molecular weight is 287 g/mol. The molecule has 0 saturated heterocycles. The minimum Gasteiger partial charge on any atom is -0.390 e. The van der Waals surface area contributed by atoms with Gasteiger partial charge in [0.25, 0.3) is 0 Å². The lowest BCUT2D eigenvalue weighted by Gasteiger charge is -2.36. The molecular weight excluding hydrogens is 267 g/mol. The van der Waals surface area contributed by atoms with Crippen LogP contribution in [0.25, 0.3) is 0 Å². The largest absolute Gasteiger partial charge is 0.390 e. The molecule has 1 aliphatic rings. The van der Waals surface area contributed by atoms with Gasteiger partial charge in [-0.05, 0) is 49.3 Å². The highest BCUT2D eigenvalue weighted by atomic mass is 35.5. The molecule has 1 saturated carbocycles. The number of benzene rings is 1. The first-order chi connectivity index (χ1) is 8.54. The predicted molar refractivity (Wildman–Crippen MR) is 77.4 cm³/mol. The molecule has 0 atom stereocenters. The molecule has 18 heavy (non-hydrogen) atoms. The van der Waals surface area contributed by atoms with E-state index in [0.717, 1.165) is 37.2 Å². The van der Waals surface area contributed by atoms with E-state index in [1.54, 1.807) is 0 Å². The van der Waals surface area contributed by atoms with Crippen LogP contribution in [0, 0.1) is 5.92 Å². The number of halogens is 2. The summed E-state index contributed by atoms with van der Waals surface area (Å²) in [5, 5.41) is 12.0. The Morgan fingerprint density at radius 1 is 1.22 bits per heavy atom. The van der Waals surface area contributed by atoms with Gasteiger partial charge in [-0.1, -0.05) is 42.6 Å². The van der Waals surface area contributed by atoms with Gasteiger partial charge < -0.3 is 5.11 Å². The molecule has 0 unspecified atom stereocenters. The third-order valence-corrected chi connectivity index (χ3v) is 4.89. The van der Waals surface area contributed by atoms with Crippen LogP contribution >= 0.6 is 23.2 Å². The highest BCUT2D eigenvalue weighted by Gasteiger charge is 2.33. The minimum absolute atomic E-state index is 0.571. The van der Waals surface area contributed by atoms with E-state index in [1.165, 1.54) is 6.42 Å². The van der Waals surface area contributed by atoms with Crippen molar-refractivity contribution in [3.05, 3.63) is 33.8 Å².